The van der Waals surface area contributed by atoms with E-state index in [1.54, 1.807) is 13.0 Å². The van der Waals surface area contributed by atoms with E-state index in [-0.39, 0.29) is 39.6 Å². The third-order valence-electron chi connectivity index (χ3n) is 9.46. The molecule has 0 bridgehead atoms. The molecule has 162 valence electrons. The number of halogens is 2. The third-order valence-corrected chi connectivity index (χ3v) is 10.8. The quantitative estimate of drug-likeness (QED) is 0.400. The fourth-order valence-corrected chi connectivity index (χ4v) is 9.78. The SMILES string of the molecule is CC(=O)O[C@]1(C(C)=O)[C@@H](Br)C[C@H]2[C@@H]3C=C(Cl)C4=CC(=O)[C@@H]5C[C@@H]5[C@]4(C)[C@H]3CC[C@@]21C. The topological polar surface area (TPSA) is 60.4 Å². The van der Waals surface area contributed by atoms with E-state index in [9.17, 15) is 14.4 Å². The molecule has 0 aromatic heterocycles. The Morgan fingerprint density at radius 2 is 1.87 bits per heavy atom. The van der Waals surface area contributed by atoms with Crippen LogP contribution in [0.5, 0.6) is 0 Å². The largest absolute Gasteiger partial charge is 0.449 e. The number of ketones is 2. The first-order chi connectivity index (χ1) is 14.0. The summed E-state index contributed by atoms with van der Waals surface area (Å²) in [5, 5.41) is 0.695. The van der Waals surface area contributed by atoms with Gasteiger partial charge >= 0.3 is 5.97 Å². The molecular formula is C24H28BrClO4. The van der Waals surface area contributed by atoms with Crippen molar-refractivity contribution in [2.45, 2.75) is 63.8 Å². The number of hydrogen-bond acceptors (Lipinski definition) is 4. The second-order valence-electron chi connectivity index (χ2n) is 10.5. The predicted octanol–water partition coefficient (Wildman–Crippen LogP) is 4.98. The van der Waals surface area contributed by atoms with Crippen molar-refractivity contribution in [3.05, 3.63) is 22.8 Å². The normalized spacial score (nSPS) is 50.9. The zero-order valence-corrected chi connectivity index (χ0v) is 20.2. The first kappa shape index (κ1) is 20.9. The van der Waals surface area contributed by atoms with Gasteiger partial charge in [-0.2, -0.15) is 0 Å². The Kier molecular flexibility index (Phi) is 4.40. The maximum atomic E-state index is 13.0. The van der Waals surface area contributed by atoms with Crippen LogP contribution in [-0.4, -0.2) is 28.0 Å². The second-order valence-corrected chi connectivity index (χ2v) is 12.1. The molecule has 6 heteroatoms. The molecule has 0 saturated heterocycles. The molecule has 3 saturated carbocycles. The Bertz CT molecular complexity index is 939. The van der Waals surface area contributed by atoms with Gasteiger partial charge in [0.2, 0.25) is 0 Å². The van der Waals surface area contributed by atoms with Crippen LogP contribution >= 0.6 is 27.5 Å². The van der Waals surface area contributed by atoms with Crippen LogP contribution in [0, 0.1) is 40.4 Å². The third kappa shape index (κ3) is 2.32. The van der Waals surface area contributed by atoms with E-state index < -0.39 is 17.0 Å². The van der Waals surface area contributed by atoms with Crippen molar-refractivity contribution in [1.29, 1.82) is 0 Å². The molecule has 5 aliphatic rings. The van der Waals surface area contributed by atoms with Crippen LogP contribution in [0.15, 0.2) is 22.8 Å². The highest BCUT2D eigenvalue weighted by Gasteiger charge is 2.73. The first-order valence-corrected chi connectivity index (χ1v) is 12.3. The number of hydrogen-bond donors (Lipinski definition) is 0. The average Bonchev–Trinajstić information content (AvgIpc) is 3.42. The summed E-state index contributed by atoms with van der Waals surface area (Å²) < 4.78 is 5.88. The highest BCUT2D eigenvalue weighted by Crippen LogP contribution is 2.72. The Labute approximate surface area is 190 Å². The fraction of sp³-hybridized carbons (Fsp3) is 0.708. The number of alkyl halides is 1. The summed E-state index contributed by atoms with van der Waals surface area (Å²) in [5.41, 5.74) is -0.695. The summed E-state index contributed by atoms with van der Waals surface area (Å²) in [6.45, 7) is 7.36. The molecule has 30 heavy (non-hydrogen) atoms. The lowest BCUT2D eigenvalue weighted by Gasteiger charge is -2.57. The Hall–Kier alpha value is -0.940. The Morgan fingerprint density at radius 3 is 2.50 bits per heavy atom. The van der Waals surface area contributed by atoms with Crippen LogP contribution in [-0.2, 0) is 19.1 Å². The minimum absolute atomic E-state index is 0.0915. The van der Waals surface area contributed by atoms with Gasteiger partial charge in [-0.1, -0.05) is 47.5 Å². The molecule has 0 unspecified atom stereocenters. The van der Waals surface area contributed by atoms with Gasteiger partial charge in [-0.05, 0) is 67.9 Å². The molecule has 4 nitrogen and oxygen atoms in total. The van der Waals surface area contributed by atoms with Crippen molar-refractivity contribution in [3.8, 4) is 0 Å². The molecule has 3 fully saturated rings. The molecule has 0 amide bonds. The number of carbonyl (C=O) groups is 3. The van der Waals surface area contributed by atoms with Crippen molar-refractivity contribution >= 4 is 45.1 Å². The second kappa shape index (κ2) is 6.31. The first-order valence-electron chi connectivity index (χ1n) is 11.0. The molecule has 0 aromatic rings. The number of allylic oxidation sites excluding steroid dienone is 4. The minimum Gasteiger partial charge on any atom is -0.449 e. The number of carbonyl (C=O) groups excluding carboxylic acids is 3. The van der Waals surface area contributed by atoms with E-state index in [1.807, 2.05) is 0 Å². The van der Waals surface area contributed by atoms with Gasteiger partial charge in [0, 0.05) is 28.7 Å². The molecule has 0 heterocycles. The highest BCUT2D eigenvalue weighted by molar-refractivity contribution is 9.09. The van der Waals surface area contributed by atoms with E-state index in [4.69, 9.17) is 16.3 Å². The molecule has 0 aromatic carbocycles. The molecule has 5 rings (SSSR count). The summed E-state index contributed by atoms with van der Waals surface area (Å²) in [6.07, 6.45) is 7.40. The number of Topliss-reactive ketones (excluding diaryl/α,β-unsaturated/α-hetero) is 1. The number of fused-ring (bicyclic) bond motifs is 7. The molecular weight excluding hydrogens is 468 g/mol. The monoisotopic (exact) mass is 494 g/mol. The lowest BCUT2D eigenvalue weighted by atomic mass is 9.47. The Morgan fingerprint density at radius 1 is 1.17 bits per heavy atom. The molecule has 0 spiro atoms. The molecule has 0 radical (unpaired) electrons. The van der Waals surface area contributed by atoms with Crippen LogP contribution in [0.2, 0.25) is 0 Å². The van der Waals surface area contributed by atoms with E-state index in [1.165, 1.54) is 6.92 Å². The van der Waals surface area contributed by atoms with Gasteiger partial charge in [-0.25, -0.2) is 0 Å². The van der Waals surface area contributed by atoms with Gasteiger partial charge in [-0.3, -0.25) is 14.4 Å². The van der Waals surface area contributed by atoms with Crippen LogP contribution < -0.4 is 0 Å². The van der Waals surface area contributed by atoms with E-state index >= 15 is 0 Å². The molecule has 9 atom stereocenters. The number of rotatable bonds is 2. The van der Waals surface area contributed by atoms with Crippen molar-refractivity contribution in [3.63, 3.8) is 0 Å². The maximum Gasteiger partial charge on any atom is 0.303 e. The highest BCUT2D eigenvalue weighted by atomic mass is 79.9. The van der Waals surface area contributed by atoms with Gasteiger partial charge in [0.1, 0.15) is 0 Å². The minimum atomic E-state index is -1.16. The van der Waals surface area contributed by atoms with Gasteiger partial charge < -0.3 is 4.74 Å². The summed E-state index contributed by atoms with van der Waals surface area (Å²) >= 11 is 10.6. The van der Waals surface area contributed by atoms with E-state index in [2.05, 4.69) is 35.9 Å². The lowest BCUT2D eigenvalue weighted by molar-refractivity contribution is -0.184. The average molecular weight is 496 g/mol. The summed E-state index contributed by atoms with van der Waals surface area (Å²) in [5.74, 6) is 0.996. The van der Waals surface area contributed by atoms with Gasteiger partial charge in [0.25, 0.3) is 0 Å². The van der Waals surface area contributed by atoms with Crippen molar-refractivity contribution in [1.82, 2.24) is 0 Å². The maximum absolute atomic E-state index is 13.0. The van der Waals surface area contributed by atoms with Crippen LogP contribution in [0.3, 0.4) is 0 Å². The molecule has 5 aliphatic carbocycles. The zero-order valence-electron chi connectivity index (χ0n) is 17.8. The van der Waals surface area contributed by atoms with Crippen LogP contribution in [0.25, 0.3) is 0 Å². The fourth-order valence-electron chi connectivity index (χ4n) is 8.03. The van der Waals surface area contributed by atoms with Crippen LogP contribution in [0.4, 0.5) is 0 Å². The van der Waals surface area contributed by atoms with Crippen molar-refractivity contribution in [2.75, 3.05) is 0 Å². The lowest BCUT2D eigenvalue weighted by Crippen LogP contribution is -2.60. The van der Waals surface area contributed by atoms with Crippen LogP contribution in [0.1, 0.15) is 53.4 Å². The number of ether oxygens (including phenoxy) is 1. The van der Waals surface area contributed by atoms with E-state index in [0.29, 0.717) is 16.9 Å². The van der Waals surface area contributed by atoms with Crippen molar-refractivity contribution < 1.29 is 19.1 Å². The zero-order chi connectivity index (χ0) is 21.8. The van der Waals surface area contributed by atoms with E-state index in [0.717, 1.165) is 31.3 Å². The summed E-state index contributed by atoms with van der Waals surface area (Å²) in [6, 6.07) is 0. The Balaban J connectivity index is 1.62. The van der Waals surface area contributed by atoms with Gasteiger partial charge in [0.05, 0.1) is 4.83 Å². The number of esters is 1. The predicted molar refractivity (Wildman–Crippen MR) is 117 cm³/mol. The summed E-state index contributed by atoms with van der Waals surface area (Å²) in [7, 11) is 0. The van der Waals surface area contributed by atoms with Crippen molar-refractivity contribution in [2.24, 2.45) is 40.4 Å². The smallest absolute Gasteiger partial charge is 0.303 e. The molecule has 0 N–H and O–H groups in total. The van der Waals surface area contributed by atoms with Gasteiger partial charge in [0.15, 0.2) is 17.2 Å². The summed E-state index contributed by atoms with van der Waals surface area (Å²) in [4.78, 5) is 37.2. The molecule has 0 aliphatic heterocycles. The standard InChI is InChI=1S/C24H28BrClO4/c1-11(27)24(30-12(2)28)21(25)10-16-13-8-19(26)18-9-20(29)14-7-17(14)23(18,4)15(13)5-6-22(16,24)3/h8-9,13-17,21H,5-7,10H2,1-4H3/t13-,14-,15+,16+,17+,21+,22+,23+,24-/m1/s1. The van der Waals surface area contributed by atoms with Gasteiger partial charge in [-0.15, -0.1) is 0 Å².